The molecule has 1 N–H and O–H groups in total. The molecular formula is C12H11N3O. The Hall–Kier alpha value is -2.10. The molecule has 1 aliphatic rings. The average molecular weight is 213 g/mol. The number of hydrogen-bond acceptors (Lipinski definition) is 2. The van der Waals surface area contributed by atoms with Crippen LogP contribution in [0.5, 0.6) is 0 Å². The second-order valence-corrected chi connectivity index (χ2v) is 3.90. The number of aromatic nitrogens is 2. The molecule has 80 valence electrons. The lowest BCUT2D eigenvalue weighted by molar-refractivity contribution is 0.0749. The minimum atomic E-state index is 0.0743. The molecule has 0 atom stereocenters. The van der Waals surface area contributed by atoms with Gasteiger partial charge in [-0.25, -0.2) is 0 Å². The molecular weight excluding hydrogens is 202 g/mol. The van der Waals surface area contributed by atoms with Crippen molar-refractivity contribution < 1.29 is 4.79 Å². The van der Waals surface area contributed by atoms with E-state index in [1.165, 1.54) is 0 Å². The summed E-state index contributed by atoms with van der Waals surface area (Å²) in [4.78, 5) is 13.9. The van der Waals surface area contributed by atoms with Crippen LogP contribution in [0, 0.1) is 0 Å². The van der Waals surface area contributed by atoms with Crippen molar-refractivity contribution in [2.45, 2.75) is 13.1 Å². The summed E-state index contributed by atoms with van der Waals surface area (Å²) in [5, 5.41) is 6.86. The molecule has 0 aliphatic carbocycles. The SMILES string of the molecule is O=C(c1ccccc1)N1Cc2cn[nH]c2C1. The lowest BCUT2D eigenvalue weighted by Gasteiger charge is -2.15. The van der Waals surface area contributed by atoms with Crippen LogP contribution in [-0.2, 0) is 13.1 Å². The number of nitrogens with zero attached hydrogens (tertiary/aromatic N) is 2. The number of carbonyl (C=O) groups excluding carboxylic acids is 1. The Balaban J connectivity index is 1.82. The summed E-state index contributed by atoms with van der Waals surface area (Å²) in [7, 11) is 0. The summed E-state index contributed by atoms with van der Waals surface area (Å²) in [6.07, 6.45) is 1.79. The van der Waals surface area contributed by atoms with Crippen LogP contribution >= 0.6 is 0 Å². The quantitative estimate of drug-likeness (QED) is 0.781. The van der Waals surface area contributed by atoms with Crippen LogP contribution in [0.1, 0.15) is 21.6 Å². The van der Waals surface area contributed by atoms with Gasteiger partial charge in [0, 0.05) is 17.7 Å². The Morgan fingerprint density at radius 3 is 2.81 bits per heavy atom. The highest BCUT2D eigenvalue weighted by Crippen LogP contribution is 2.21. The highest BCUT2D eigenvalue weighted by molar-refractivity contribution is 5.94. The van der Waals surface area contributed by atoms with Crippen LogP contribution in [0.3, 0.4) is 0 Å². The Bertz CT molecular complexity index is 498. The Kier molecular flexibility index (Phi) is 1.99. The molecule has 1 aromatic heterocycles. The molecule has 1 amide bonds. The maximum atomic E-state index is 12.1. The van der Waals surface area contributed by atoms with Gasteiger partial charge in [0.2, 0.25) is 0 Å². The van der Waals surface area contributed by atoms with E-state index in [4.69, 9.17) is 0 Å². The monoisotopic (exact) mass is 213 g/mol. The zero-order chi connectivity index (χ0) is 11.0. The van der Waals surface area contributed by atoms with E-state index in [0.29, 0.717) is 13.1 Å². The lowest BCUT2D eigenvalue weighted by atomic mass is 10.2. The largest absolute Gasteiger partial charge is 0.328 e. The summed E-state index contributed by atoms with van der Waals surface area (Å²) in [5.74, 6) is 0.0743. The number of benzene rings is 1. The topological polar surface area (TPSA) is 49.0 Å². The number of H-pyrrole nitrogens is 1. The first-order valence-electron chi connectivity index (χ1n) is 5.20. The first-order valence-corrected chi connectivity index (χ1v) is 5.20. The molecule has 2 heterocycles. The van der Waals surface area contributed by atoms with Crippen molar-refractivity contribution in [3.63, 3.8) is 0 Å². The second kappa shape index (κ2) is 3.48. The third kappa shape index (κ3) is 1.39. The van der Waals surface area contributed by atoms with E-state index in [-0.39, 0.29) is 5.91 Å². The van der Waals surface area contributed by atoms with Crippen molar-refractivity contribution >= 4 is 5.91 Å². The van der Waals surface area contributed by atoms with Gasteiger partial charge in [-0.1, -0.05) is 18.2 Å². The van der Waals surface area contributed by atoms with Crippen LogP contribution in [0.25, 0.3) is 0 Å². The summed E-state index contributed by atoms with van der Waals surface area (Å²) >= 11 is 0. The third-order valence-electron chi connectivity index (χ3n) is 2.83. The fourth-order valence-electron chi connectivity index (χ4n) is 1.97. The highest BCUT2D eigenvalue weighted by atomic mass is 16.2. The molecule has 16 heavy (non-hydrogen) atoms. The van der Waals surface area contributed by atoms with Gasteiger partial charge >= 0.3 is 0 Å². The zero-order valence-corrected chi connectivity index (χ0v) is 8.68. The molecule has 0 spiro atoms. The lowest BCUT2D eigenvalue weighted by Crippen LogP contribution is -2.25. The predicted molar refractivity (Wildman–Crippen MR) is 58.6 cm³/mol. The molecule has 1 aromatic carbocycles. The molecule has 0 saturated carbocycles. The first-order chi connectivity index (χ1) is 7.84. The molecule has 1 aliphatic heterocycles. The van der Waals surface area contributed by atoms with E-state index < -0.39 is 0 Å². The maximum absolute atomic E-state index is 12.1. The van der Waals surface area contributed by atoms with Crippen molar-refractivity contribution in [3.05, 3.63) is 53.3 Å². The van der Waals surface area contributed by atoms with Crippen LogP contribution < -0.4 is 0 Å². The van der Waals surface area contributed by atoms with Crippen LogP contribution in [0.15, 0.2) is 36.5 Å². The van der Waals surface area contributed by atoms with Gasteiger partial charge in [0.25, 0.3) is 5.91 Å². The molecule has 4 heteroatoms. The fourth-order valence-corrected chi connectivity index (χ4v) is 1.97. The third-order valence-corrected chi connectivity index (χ3v) is 2.83. The number of rotatable bonds is 1. The van der Waals surface area contributed by atoms with Gasteiger partial charge in [0.05, 0.1) is 18.4 Å². The van der Waals surface area contributed by atoms with Crippen molar-refractivity contribution in [1.29, 1.82) is 0 Å². The first kappa shape index (κ1) is 9.15. The number of carbonyl (C=O) groups is 1. The van der Waals surface area contributed by atoms with Gasteiger partial charge in [-0.3, -0.25) is 9.89 Å². The van der Waals surface area contributed by atoms with E-state index >= 15 is 0 Å². The molecule has 0 saturated heterocycles. The standard InChI is InChI=1S/C12H11N3O/c16-12(9-4-2-1-3-5-9)15-7-10-6-13-14-11(10)8-15/h1-6H,7-8H2,(H,13,14). The fraction of sp³-hybridized carbons (Fsp3) is 0.167. The van der Waals surface area contributed by atoms with Crippen molar-refractivity contribution in [2.75, 3.05) is 0 Å². The summed E-state index contributed by atoms with van der Waals surface area (Å²) in [6, 6.07) is 9.35. The number of hydrogen-bond donors (Lipinski definition) is 1. The van der Waals surface area contributed by atoms with E-state index in [0.717, 1.165) is 16.8 Å². The second-order valence-electron chi connectivity index (χ2n) is 3.90. The summed E-state index contributed by atoms with van der Waals surface area (Å²) < 4.78 is 0. The van der Waals surface area contributed by atoms with E-state index in [1.54, 1.807) is 6.20 Å². The summed E-state index contributed by atoms with van der Waals surface area (Å²) in [6.45, 7) is 1.28. The van der Waals surface area contributed by atoms with Gasteiger partial charge in [0.15, 0.2) is 0 Å². The number of nitrogens with one attached hydrogen (secondary N) is 1. The number of aromatic amines is 1. The normalized spacial score (nSPS) is 13.9. The van der Waals surface area contributed by atoms with E-state index in [2.05, 4.69) is 10.2 Å². The molecule has 0 fully saturated rings. The van der Waals surface area contributed by atoms with Crippen LogP contribution in [0.4, 0.5) is 0 Å². The minimum Gasteiger partial charge on any atom is -0.328 e. The Morgan fingerprint density at radius 1 is 1.25 bits per heavy atom. The van der Waals surface area contributed by atoms with Crippen LogP contribution in [-0.4, -0.2) is 21.0 Å². The Labute approximate surface area is 92.9 Å². The molecule has 0 unspecified atom stereocenters. The maximum Gasteiger partial charge on any atom is 0.254 e. The van der Waals surface area contributed by atoms with Gasteiger partial charge < -0.3 is 4.90 Å². The molecule has 3 rings (SSSR count). The molecule has 0 bridgehead atoms. The van der Waals surface area contributed by atoms with E-state index in [9.17, 15) is 4.79 Å². The van der Waals surface area contributed by atoms with Gasteiger partial charge in [-0.2, -0.15) is 5.10 Å². The Morgan fingerprint density at radius 2 is 2.06 bits per heavy atom. The van der Waals surface area contributed by atoms with Gasteiger partial charge in [-0.15, -0.1) is 0 Å². The van der Waals surface area contributed by atoms with Crippen LogP contribution in [0.2, 0.25) is 0 Å². The van der Waals surface area contributed by atoms with Gasteiger partial charge in [-0.05, 0) is 12.1 Å². The zero-order valence-electron chi connectivity index (χ0n) is 8.68. The smallest absolute Gasteiger partial charge is 0.254 e. The van der Waals surface area contributed by atoms with E-state index in [1.807, 2.05) is 35.2 Å². The van der Waals surface area contributed by atoms with Crippen molar-refractivity contribution in [3.8, 4) is 0 Å². The highest BCUT2D eigenvalue weighted by Gasteiger charge is 2.25. The molecule has 2 aromatic rings. The predicted octanol–water partition coefficient (Wildman–Crippen LogP) is 1.57. The van der Waals surface area contributed by atoms with Crippen molar-refractivity contribution in [2.24, 2.45) is 0 Å². The van der Waals surface area contributed by atoms with Crippen molar-refractivity contribution in [1.82, 2.24) is 15.1 Å². The average Bonchev–Trinajstić information content (AvgIpc) is 2.89. The summed E-state index contributed by atoms with van der Waals surface area (Å²) in [5.41, 5.74) is 2.90. The number of amides is 1. The van der Waals surface area contributed by atoms with Gasteiger partial charge in [0.1, 0.15) is 0 Å². The minimum absolute atomic E-state index is 0.0743. The number of fused-ring (bicyclic) bond motifs is 1. The molecule has 0 radical (unpaired) electrons. The molecule has 4 nitrogen and oxygen atoms in total.